The van der Waals surface area contributed by atoms with Crippen LogP contribution in [-0.2, 0) is 14.4 Å². The molecule has 0 aliphatic carbocycles. The molecule has 0 unspecified atom stereocenters. The third kappa shape index (κ3) is 5.43. The summed E-state index contributed by atoms with van der Waals surface area (Å²) < 4.78 is 5.31. The lowest BCUT2D eigenvalue weighted by Gasteiger charge is -2.09. The lowest BCUT2D eigenvalue weighted by Crippen LogP contribution is -2.17. The number of para-hydroxylation sites is 1. The number of hydrogen-bond donors (Lipinski definition) is 2. The van der Waals surface area contributed by atoms with Crippen LogP contribution in [0.4, 0.5) is 0 Å². The number of carboxylic acid groups (broad SMARTS) is 2. The Morgan fingerprint density at radius 1 is 1.05 bits per heavy atom. The standard InChI is InChI=1S/C14H14O7/c15-10(8-11(16)14(19)20)9-4-1-2-5-12(9)21-7-3-6-13(17)18/h1-2,4-5H,3,6-8H2,(H,17,18)(H,19,20). The first-order valence-corrected chi connectivity index (χ1v) is 6.14. The number of benzene rings is 1. The van der Waals surface area contributed by atoms with Crippen LogP contribution in [0.1, 0.15) is 29.6 Å². The van der Waals surface area contributed by atoms with Gasteiger partial charge >= 0.3 is 11.9 Å². The van der Waals surface area contributed by atoms with Crippen molar-refractivity contribution < 1.29 is 34.1 Å². The van der Waals surface area contributed by atoms with Gasteiger partial charge in [-0.2, -0.15) is 0 Å². The maximum Gasteiger partial charge on any atom is 0.372 e. The molecule has 0 bridgehead atoms. The Bertz CT molecular complexity index is 562. The average Bonchev–Trinajstić information content (AvgIpc) is 2.43. The number of ether oxygens (including phenoxy) is 1. The number of hydrogen-bond acceptors (Lipinski definition) is 5. The van der Waals surface area contributed by atoms with E-state index in [4.69, 9.17) is 14.9 Å². The lowest BCUT2D eigenvalue weighted by molar-refractivity contribution is -0.148. The predicted octanol–water partition coefficient (Wildman–Crippen LogP) is 1.16. The van der Waals surface area contributed by atoms with Gasteiger partial charge in [-0.25, -0.2) is 4.79 Å². The summed E-state index contributed by atoms with van der Waals surface area (Å²) >= 11 is 0. The third-order valence-corrected chi connectivity index (χ3v) is 2.54. The SMILES string of the molecule is O=C(O)CCCOc1ccccc1C(=O)CC(=O)C(=O)O. The fourth-order valence-electron chi connectivity index (χ4n) is 1.55. The summed E-state index contributed by atoms with van der Waals surface area (Å²) in [4.78, 5) is 43.7. The van der Waals surface area contributed by atoms with Crippen molar-refractivity contribution in [1.82, 2.24) is 0 Å². The van der Waals surface area contributed by atoms with Gasteiger partial charge in [0.25, 0.3) is 0 Å². The second-order valence-corrected chi connectivity index (χ2v) is 4.17. The number of aliphatic carboxylic acids is 2. The van der Waals surface area contributed by atoms with Crippen molar-refractivity contribution in [3.05, 3.63) is 29.8 Å². The summed E-state index contributed by atoms with van der Waals surface area (Å²) in [6.07, 6.45) is -0.537. The molecule has 0 fully saturated rings. The van der Waals surface area contributed by atoms with E-state index in [2.05, 4.69) is 0 Å². The number of Topliss-reactive ketones (excluding diaryl/α,β-unsaturated/α-hetero) is 2. The Balaban J connectivity index is 2.70. The molecule has 0 spiro atoms. The van der Waals surface area contributed by atoms with Crippen molar-refractivity contribution in [2.75, 3.05) is 6.61 Å². The number of carbonyl (C=O) groups is 4. The van der Waals surface area contributed by atoms with Crippen LogP contribution in [0.15, 0.2) is 24.3 Å². The molecule has 2 N–H and O–H groups in total. The van der Waals surface area contributed by atoms with E-state index in [-0.39, 0.29) is 30.8 Å². The smallest absolute Gasteiger partial charge is 0.372 e. The van der Waals surface area contributed by atoms with E-state index >= 15 is 0 Å². The molecule has 0 heterocycles. The van der Waals surface area contributed by atoms with Crippen LogP contribution < -0.4 is 4.74 Å². The predicted molar refractivity (Wildman–Crippen MR) is 70.4 cm³/mol. The first-order chi connectivity index (χ1) is 9.91. The minimum absolute atomic E-state index is 0.0619. The second-order valence-electron chi connectivity index (χ2n) is 4.17. The summed E-state index contributed by atoms with van der Waals surface area (Å²) in [6.45, 7) is 0.101. The van der Waals surface area contributed by atoms with E-state index < -0.39 is 29.9 Å². The topological polar surface area (TPSA) is 118 Å². The first-order valence-electron chi connectivity index (χ1n) is 6.14. The molecule has 1 rings (SSSR count). The summed E-state index contributed by atoms with van der Waals surface area (Å²) in [5.74, 6) is -4.26. The zero-order valence-electron chi connectivity index (χ0n) is 11.1. The molecule has 1 aromatic rings. The van der Waals surface area contributed by atoms with Crippen molar-refractivity contribution in [3.63, 3.8) is 0 Å². The van der Waals surface area contributed by atoms with Crippen LogP contribution in [0.5, 0.6) is 5.75 Å². The number of carbonyl (C=O) groups excluding carboxylic acids is 2. The van der Waals surface area contributed by atoms with E-state index in [9.17, 15) is 19.2 Å². The Kier molecular flexibility index (Phi) is 6.06. The molecule has 7 nitrogen and oxygen atoms in total. The zero-order valence-corrected chi connectivity index (χ0v) is 11.1. The van der Waals surface area contributed by atoms with E-state index in [1.54, 1.807) is 12.1 Å². The molecule has 0 aliphatic rings. The Morgan fingerprint density at radius 3 is 2.33 bits per heavy atom. The molecule has 0 aliphatic heterocycles. The van der Waals surface area contributed by atoms with Crippen molar-refractivity contribution in [1.29, 1.82) is 0 Å². The van der Waals surface area contributed by atoms with Gasteiger partial charge in [-0.15, -0.1) is 0 Å². The number of carboxylic acids is 2. The van der Waals surface area contributed by atoms with Gasteiger partial charge in [0.1, 0.15) is 5.75 Å². The van der Waals surface area contributed by atoms with Crippen LogP contribution in [0, 0.1) is 0 Å². The Morgan fingerprint density at radius 2 is 1.71 bits per heavy atom. The summed E-state index contributed by atoms with van der Waals surface area (Å²) in [5.41, 5.74) is 0.0995. The Labute approximate surface area is 120 Å². The maximum absolute atomic E-state index is 11.9. The second kappa shape index (κ2) is 7.78. The van der Waals surface area contributed by atoms with Gasteiger partial charge in [0.15, 0.2) is 5.78 Å². The van der Waals surface area contributed by atoms with Crippen LogP contribution >= 0.6 is 0 Å². The van der Waals surface area contributed by atoms with Crippen LogP contribution in [-0.4, -0.2) is 40.3 Å². The van der Waals surface area contributed by atoms with Crippen molar-refractivity contribution in [2.45, 2.75) is 19.3 Å². The van der Waals surface area contributed by atoms with Gasteiger partial charge in [-0.05, 0) is 18.6 Å². The molecular formula is C14H14O7. The molecule has 21 heavy (non-hydrogen) atoms. The van der Waals surface area contributed by atoms with E-state index in [1.165, 1.54) is 12.1 Å². The van der Waals surface area contributed by atoms with E-state index in [1.807, 2.05) is 0 Å². The van der Waals surface area contributed by atoms with Gasteiger partial charge < -0.3 is 14.9 Å². The zero-order chi connectivity index (χ0) is 15.8. The highest BCUT2D eigenvalue weighted by Gasteiger charge is 2.20. The van der Waals surface area contributed by atoms with Crippen LogP contribution in [0.2, 0.25) is 0 Å². The van der Waals surface area contributed by atoms with Gasteiger partial charge in [0, 0.05) is 6.42 Å². The molecular weight excluding hydrogens is 280 g/mol. The molecule has 0 radical (unpaired) electrons. The first kappa shape index (κ1) is 16.4. The molecule has 0 amide bonds. The summed E-state index contributed by atoms with van der Waals surface area (Å²) in [6, 6.07) is 6.09. The normalized spacial score (nSPS) is 9.90. The third-order valence-electron chi connectivity index (χ3n) is 2.54. The van der Waals surface area contributed by atoms with Gasteiger partial charge in [0.05, 0.1) is 18.6 Å². The minimum Gasteiger partial charge on any atom is -0.493 e. The average molecular weight is 294 g/mol. The molecule has 1 aromatic carbocycles. The molecule has 0 atom stereocenters. The monoisotopic (exact) mass is 294 g/mol. The van der Waals surface area contributed by atoms with Crippen LogP contribution in [0.25, 0.3) is 0 Å². The fraction of sp³-hybridized carbons (Fsp3) is 0.286. The highest BCUT2D eigenvalue weighted by Crippen LogP contribution is 2.20. The molecule has 0 aromatic heterocycles. The molecule has 0 saturated heterocycles. The van der Waals surface area contributed by atoms with Gasteiger partial charge in [-0.3, -0.25) is 14.4 Å². The summed E-state index contributed by atoms with van der Waals surface area (Å²) in [7, 11) is 0. The number of ketones is 2. The van der Waals surface area contributed by atoms with Crippen molar-refractivity contribution in [3.8, 4) is 5.75 Å². The molecule has 0 saturated carbocycles. The summed E-state index contributed by atoms with van der Waals surface area (Å²) in [5, 5.41) is 17.0. The quantitative estimate of drug-likeness (QED) is 0.303. The highest BCUT2D eigenvalue weighted by atomic mass is 16.5. The van der Waals surface area contributed by atoms with Gasteiger partial charge in [-0.1, -0.05) is 12.1 Å². The fourth-order valence-corrected chi connectivity index (χ4v) is 1.55. The molecule has 7 heteroatoms. The number of rotatable bonds is 9. The van der Waals surface area contributed by atoms with Crippen molar-refractivity contribution >= 4 is 23.5 Å². The highest BCUT2D eigenvalue weighted by molar-refractivity contribution is 6.37. The Hall–Kier alpha value is -2.70. The minimum atomic E-state index is -1.66. The lowest BCUT2D eigenvalue weighted by atomic mass is 10.1. The van der Waals surface area contributed by atoms with E-state index in [0.29, 0.717) is 0 Å². The van der Waals surface area contributed by atoms with Gasteiger partial charge in [0.2, 0.25) is 5.78 Å². The van der Waals surface area contributed by atoms with Crippen molar-refractivity contribution in [2.24, 2.45) is 0 Å². The van der Waals surface area contributed by atoms with Crippen LogP contribution in [0.3, 0.4) is 0 Å². The molecule has 112 valence electrons. The largest absolute Gasteiger partial charge is 0.493 e. The van der Waals surface area contributed by atoms with E-state index in [0.717, 1.165) is 0 Å². The maximum atomic E-state index is 11.9.